The van der Waals surface area contributed by atoms with E-state index in [9.17, 15) is 5.26 Å². The van der Waals surface area contributed by atoms with E-state index in [1.807, 2.05) is 18.4 Å². The molecule has 0 saturated carbocycles. The van der Waals surface area contributed by atoms with Crippen LogP contribution in [0.5, 0.6) is 0 Å². The van der Waals surface area contributed by atoms with Gasteiger partial charge >= 0.3 is 0 Å². The van der Waals surface area contributed by atoms with Crippen molar-refractivity contribution in [2.75, 3.05) is 0 Å². The van der Waals surface area contributed by atoms with Crippen molar-refractivity contribution in [2.45, 2.75) is 38.6 Å². The summed E-state index contributed by atoms with van der Waals surface area (Å²) in [5.74, 6) is -0.331. The molecule has 0 aliphatic carbocycles. The van der Waals surface area contributed by atoms with Crippen molar-refractivity contribution in [1.29, 1.82) is 5.26 Å². The SMILES string of the molecule is Cc1csc([C@H](C#N)C=N[C@@H](C)CCc2ccccc2)n1. The molecule has 2 aromatic rings. The predicted molar refractivity (Wildman–Crippen MR) is 87.9 cm³/mol. The minimum Gasteiger partial charge on any atom is -0.293 e. The lowest BCUT2D eigenvalue weighted by atomic mass is 10.1. The van der Waals surface area contributed by atoms with Gasteiger partial charge in [-0.15, -0.1) is 11.3 Å². The second kappa shape index (κ2) is 7.70. The second-order valence-electron chi connectivity index (χ2n) is 5.11. The number of hydrogen-bond donors (Lipinski definition) is 0. The van der Waals surface area contributed by atoms with Crippen molar-refractivity contribution < 1.29 is 0 Å². The Morgan fingerprint density at radius 2 is 2.14 bits per heavy atom. The molecule has 0 aliphatic heterocycles. The highest BCUT2D eigenvalue weighted by Crippen LogP contribution is 2.18. The smallest absolute Gasteiger partial charge is 0.133 e. The molecule has 0 N–H and O–H groups in total. The first-order valence-corrected chi connectivity index (χ1v) is 7.96. The van der Waals surface area contributed by atoms with Crippen molar-refractivity contribution in [3.05, 3.63) is 52.0 Å². The Morgan fingerprint density at radius 3 is 2.76 bits per heavy atom. The molecule has 0 bridgehead atoms. The van der Waals surface area contributed by atoms with Crippen LogP contribution < -0.4 is 0 Å². The molecule has 1 heterocycles. The number of thiazole rings is 1. The second-order valence-corrected chi connectivity index (χ2v) is 6.00. The van der Waals surface area contributed by atoms with Gasteiger partial charge in [0.05, 0.1) is 6.07 Å². The predicted octanol–water partition coefficient (Wildman–Crippen LogP) is 4.15. The minimum atomic E-state index is -0.331. The summed E-state index contributed by atoms with van der Waals surface area (Å²) in [4.78, 5) is 8.87. The van der Waals surface area contributed by atoms with Gasteiger partial charge in [-0.05, 0) is 32.3 Å². The lowest BCUT2D eigenvalue weighted by Crippen LogP contribution is -2.04. The first kappa shape index (κ1) is 15.4. The zero-order chi connectivity index (χ0) is 15.1. The fourth-order valence-corrected chi connectivity index (χ4v) is 2.80. The van der Waals surface area contributed by atoms with E-state index in [1.54, 1.807) is 6.21 Å². The van der Waals surface area contributed by atoms with Gasteiger partial charge in [-0.2, -0.15) is 5.26 Å². The Labute approximate surface area is 130 Å². The molecule has 2 atom stereocenters. The van der Waals surface area contributed by atoms with E-state index in [4.69, 9.17) is 0 Å². The van der Waals surface area contributed by atoms with Crippen molar-refractivity contribution in [2.24, 2.45) is 4.99 Å². The topological polar surface area (TPSA) is 49.0 Å². The number of aliphatic imine (C=N–C) groups is 1. The van der Waals surface area contributed by atoms with E-state index in [-0.39, 0.29) is 12.0 Å². The molecule has 21 heavy (non-hydrogen) atoms. The Hall–Kier alpha value is -1.99. The number of nitriles is 1. The highest BCUT2D eigenvalue weighted by Gasteiger charge is 2.12. The molecule has 4 heteroatoms. The summed E-state index contributed by atoms with van der Waals surface area (Å²) in [5.41, 5.74) is 2.28. The van der Waals surface area contributed by atoms with Gasteiger partial charge in [0, 0.05) is 23.3 Å². The van der Waals surface area contributed by atoms with Crippen LogP contribution in [0.15, 0.2) is 40.7 Å². The first-order chi connectivity index (χ1) is 10.2. The van der Waals surface area contributed by atoms with Gasteiger partial charge in [0.15, 0.2) is 0 Å². The molecule has 0 fully saturated rings. The number of aromatic nitrogens is 1. The number of nitrogens with zero attached hydrogens (tertiary/aromatic N) is 3. The lowest BCUT2D eigenvalue weighted by Gasteiger charge is -2.07. The summed E-state index contributed by atoms with van der Waals surface area (Å²) in [5, 5.41) is 12.0. The highest BCUT2D eigenvalue weighted by molar-refractivity contribution is 7.09. The van der Waals surface area contributed by atoms with Crippen LogP contribution in [0.25, 0.3) is 0 Å². The first-order valence-electron chi connectivity index (χ1n) is 7.08. The van der Waals surface area contributed by atoms with Gasteiger partial charge in [-0.3, -0.25) is 4.99 Å². The molecular formula is C17H19N3S. The molecule has 0 aliphatic rings. The summed E-state index contributed by atoms with van der Waals surface area (Å²) >= 11 is 1.52. The highest BCUT2D eigenvalue weighted by atomic mass is 32.1. The van der Waals surface area contributed by atoms with E-state index in [0.717, 1.165) is 23.5 Å². The van der Waals surface area contributed by atoms with Crippen molar-refractivity contribution in [1.82, 2.24) is 4.98 Å². The molecule has 0 amide bonds. The van der Waals surface area contributed by atoms with Gasteiger partial charge in [0.2, 0.25) is 0 Å². The third kappa shape index (κ3) is 4.80. The van der Waals surface area contributed by atoms with E-state index in [0.29, 0.717) is 0 Å². The number of hydrogen-bond acceptors (Lipinski definition) is 4. The van der Waals surface area contributed by atoms with Gasteiger partial charge in [-0.1, -0.05) is 30.3 Å². The molecule has 0 radical (unpaired) electrons. The number of aryl methyl sites for hydroxylation is 2. The zero-order valence-corrected chi connectivity index (χ0v) is 13.2. The monoisotopic (exact) mass is 297 g/mol. The van der Waals surface area contributed by atoms with E-state index >= 15 is 0 Å². The Bertz CT molecular complexity index is 625. The van der Waals surface area contributed by atoms with Crippen LogP contribution in [0.2, 0.25) is 0 Å². The van der Waals surface area contributed by atoms with Crippen molar-refractivity contribution >= 4 is 17.6 Å². The van der Waals surface area contributed by atoms with Crippen LogP contribution >= 0.6 is 11.3 Å². The van der Waals surface area contributed by atoms with Crippen molar-refractivity contribution in [3.8, 4) is 6.07 Å². The normalized spacial score (nSPS) is 14.0. The molecule has 1 aromatic heterocycles. The van der Waals surface area contributed by atoms with Gasteiger partial charge in [0.1, 0.15) is 10.9 Å². The fourth-order valence-electron chi connectivity index (χ4n) is 2.00. The molecule has 1 aromatic carbocycles. The van der Waals surface area contributed by atoms with Gasteiger partial charge in [-0.25, -0.2) is 4.98 Å². The molecule has 0 saturated heterocycles. The summed E-state index contributed by atoms with van der Waals surface area (Å²) < 4.78 is 0. The maximum Gasteiger partial charge on any atom is 0.133 e. The largest absolute Gasteiger partial charge is 0.293 e. The Morgan fingerprint density at radius 1 is 1.38 bits per heavy atom. The molecule has 0 unspecified atom stereocenters. The van der Waals surface area contributed by atoms with Gasteiger partial charge < -0.3 is 0 Å². The van der Waals surface area contributed by atoms with Crippen LogP contribution in [0.4, 0.5) is 0 Å². The molecule has 108 valence electrons. The third-order valence-corrected chi connectivity index (χ3v) is 4.27. The van der Waals surface area contributed by atoms with Crippen LogP contribution in [-0.2, 0) is 6.42 Å². The lowest BCUT2D eigenvalue weighted by molar-refractivity contribution is 0.669. The summed E-state index contributed by atoms with van der Waals surface area (Å²) in [6.45, 7) is 4.02. The third-order valence-electron chi connectivity index (χ3n) is 3.23. The minimum absolute atomic E-state index is 0.210. The van der Waals surface area contributed by atoms with Gasteiger partial charge in [0.25, 0.3) is 0 Å². The average Bonchev–Trinajstić information content (AvgIpc) is 2.93. The molecular weight excluding hydrogens is 278 g/mol. The average molecular weight is 297 g/mol. The summed E-state index contributed by atoms with van der Waals surface area (Å²) in [6.07, 6.45) is 3.73. The van der Waals surface area contributed by atoms with Crippen molar-refractivity contribution in [3.63, 3.8) is 0 Å². The van der Waals surface area contributed by atoms with E-state index < -0.39 is 0 Å². The molecule has 2 rings (SSSR count). The standard InChI is InChI=1S/C17H19N3S/c1-13(8-9-15-6-4-3-5-7-15)19-11-16(10-18)17-20-14(2)12-21-17/h3-7,11-13,16H,8-9H2,1-2H3/t13-,16+/m0/s1. The van der Waals surface area contributed by atoms with E-state index in [2.05, 4.69) is 47.2 Å². The quantitative estimate of drug-likeness (QED) is 0.752. The maximum absolute atomic E-state index is 9.23. The molecule has 3 nitrogen and oxygen atoms in total. The van der Waals surface area contributed by atoms with Crippen LogP contribution in [0.3, 0.4) is 0 Å². The summed E-state index contributed by atoms with van der Waals surface area (Å²) in [6, 6.07) is 12.9. The van der Waals surface area contributed by atoms with Crippen LogP contribution in [-0.4, -0.2) is 17.2 Å². The Balaban J connectivity index is 1.89. The fraction of sp³-hybridized carbons (Fsp3) is 0.353. The number of rotatable bonds is 6. The van der Waals surface area contributed by atoms with Crippen LogP contribution in [0.1, 0.15) is 35.5 Å². The molecule has 0 spiro atoms. The summed E-state index contributed by atoms with van der Waals surface area (Å²) in [7, 11) is 0. The zero-order valence-electron chi connectivity index (χ0n) is 12.4. The number of benzene rings is 1. The van der Waals surface area contributed by atoms with E-state index in [1.165, 1.54) is 16.9 Å². The van der Waals surface area contributed by atoms with Crippen LogP contribution in [0, 0.1) is 18.3 Å². The Kier molecular flexibility index (Phi) is 5.65. The maximum atomic E-state index is 9.23.